The van der Waals surface area contributed by atoms with Gasteiger partial charge in [0.05, 0.1) is 11.8 Å². The Balaban J connectivity index is 2.48. The number of fused-ring (bicyclic) bond motifs is 1. The van der Waals surface area contributed by atoms with E-state index >= 15 is 0 Å². The molecule has 1 aromatic rings. The maximum Gasteiger partial charge on any atom is 0.314 e. The SMILES string of the molecule is O=C(O)C1C=Nc2ccc(Br)cc2C1O. The maximum atomic E-state index is 10.8. The summed E-state index contributed by atoms with van der Waals surface area (Å²) in [4.78, 5) is 14.8. The minimum absolute atomic E-state index is 0.541. The fourth-order valence-electron chi connectivity index (χ4n) is 1.51. The summed E-state index contributed by atoms with van der Waals surface area (Å²) < 4.78 is 0.793. The van der Waals surface area contributed by atoms with Gasteiger partial charge in [-0.15, -0.1) is 0 Å². The van der Waals surface area contributed by atoms with Gasteiger partial charge >= 0.3 is 5.97 Å². The average molecular weight is 270 g/mol. The Morgan fingerprint density at radius 3 is 2.87 bits per heavy atom. The number of benzene rings is 1. The average Bonchev–Trinajstić information content (AvgIpc) is 2.19. The van der Waals surface area contributed by atoms with Crippen LogP contribution in [-0.4, -0.2) is 22.4 Å². The van der Waals surface area contributed by atoms with Crippen LogP contribution in [0.3, 0.4) is 0 Å². The number of hydrogen-bond acceptors (Lipinski definition) is 3. The third-order valence-corrected chi connectivity index (χ3v) is 2.80. The summed E-state index contributed by atoms with van der Waals surface area (Å²) in [7, 11) is 0. The molecule has 1 heterocycles. The molecule has 0 saturated carbocycles. The molecule has 0 fully saturated rings. The van der Waals surface area contributed by atoms with E-state index in [9.17, 15) is 9.90 Å². The molecule has 15 heavy (non-hydrogen) atoms. The highest BCUT2D eigenvalue weighted by atomic mass is 79.9. The quantitative estimate of drug-likeness (QED) is 0.818. The van der Waals surface area contributed by atoms with Crippen LogP contribution >= 0.6 is 15.9 Å². The second-order valence-corrected chi connectivity index (χ2v) is 4.21. The zero-order valence-electron chi connectivity index (χ0n) is 7.59. The van der Waals surface area contributed by atoms with Crippen molar-refractivity contribution in [2.75, 3.05) is 0 Å². The Labute approximate surface area is 94.4 Å². The van der Waals surface area contributed by atoms with E-state index in [2.05, 4.69) is 20.9 Å². The summed E-state index contributed by atoms with van der Waals surface area (Å²) in [6.45, 7) is 0. The zero-order valence-corrected chi connectivity index (χ0v) is 9.18. The highest BCUT2D eigenvalue weighted by Crippen LogP contribution is 2.35. The van der Waals surface area contributed by atoms with Gasteiger partial charge in [-0.1, -0.05) is 15.9 Å². The molecule has 1 aliphatic rings. The molecular weight excluding hydrogens is 262 g/mol. The van der Waals surface area contributed by atoms with Crippen LogP contribution in [0.25, 0.3) is 0 Å². The van der Waals surface area contributed by atoms with E-state index in [1.165, 1.54) is 6.21 Å². The van der Waals surface area contributed by atoms with E-state index in [-0.39, 0.29) is 0 Å². The van der Waals surface area contributed by atoms with Gasteiger partial charge in [-0.05, 0) is 18.2 Å². The number of rotatable bonds is 1. The number of aliphatic imine (C=N–C) groups is 1. The predicted octanol–water partition coefficient (Wildman–Crippen LogP) is 1.90. The van der Waals surface area contributed by atoms with Gasteiger partial charge < -0.3 is 10.2 Å². The van der Waals surface area contributed by atoms with Gasteiger partial charge in [0, 0.05) is 16.3 Å². The van der Waals surface area contributed by atoms with Gasteiger partial charge in [0.25, 0.3) is 0 Å². The van der Waals surface area contributed by atoms with Gasteiger partial charge in [-0.25, -0.2) is 0 Å². The molecule has 78 valence electrons. The molecule has 0 saturated heterocycles. The Kier molecular flexibility index (Phi) is 2.58. The lowest BCUT2D eigenvalue weighted by atomic mass is 9.93. The molecule has 0 bridgehead atoms. The van der Waals surface area contributed by atoms with Crippen molar-refractivity contribution in [2.45, 2.75) is 6.10 Å². The van der Waals surface area contributed by atoms with Gasteiger partial charge in [-0.2, -0.15) is 0 Å². The van der Waals surface area contributed by atoms with Crippen LogP contribution in [0.15, 0.2) is 27.7 Å². The second-order valence-electron chi connectivity index (χ2n) is 3.29. The van der Waals surface area contributed by atoms with Crippen LogP contribution in [-0.2, 0) is 4.79 Å². The van der Waals surface area contributed by atoms with Crippen LogP contribution in [0.5, 0.6) is 0 Å². The second kappa shape index (κ2) is 3.75. The number of halogens is 1. The molecule has 2 N–H and O–H groups in total. The van der Waals surface area contributed by atoms with Crippen molar-refractivity contribution in [3.05, 3.63) is 28.2 Å². The summed E-state index contributed by atoms with van der Waals surface area (Å²) in [6.07, 6.45) is 0.232. The standard InChI is InChI=1S/C10H8BrNO3/c11-5-1-2-8-6(3-5)9(13)7(4-12-8)10(14)15/h1-4,7,9,13H,(H,14,15). The van der Waals surface area contributed by atoms with E-state index in [4.69, 9.17) is 5.11 Å². The summed E-state index contributed by atoms with van der Waals surface area (Å²) in [5.41, 5.74) is 1.16. The molecule has 2 rings (SSSR count). The number of nitrogens with zero attached hydrogens (tertiary/aromatic N) is 1. The number of aliphatic hydroxyl groups is 1. The van der Waals surface area contributed by atoms with Crippen LogP contribution in [0.4, 0.5) is 5.69 Å². The summed E-state index contributed by atoms with van der Waals surface area (Å²) >= 11 is 3.26. The molecule has 5 heteroatoms. The topological polar surface area (TPSA) is 69.9 Å². The third-order valence-electron chi connectivity index (χ3n) is 2.31. The number of carbonyl (C=O) groups is 1. The highest BCUT2D eigenvalue weighted by molar-refractivity contribution is 9.10. The number of hydrogen-bond donors (Lipinski definition) is 2. The van der Waals surface area contributed by atoms with Crippen LogP contribution in [0.1, 0.15) is 11.7 Å². The number of carboxylic acids is 1. The van der Waals surface area contributed by atoms with E-state index in [0.717, 1.165) is 4.47 Å². The zero-order chi connectivity index (χ0) is 11.0. The largest absolute Gasteiger partial charge is 0.481 e. The third kappa shape index (κ3) is 1.80. The first-order chi connectivity index (χ1) is 7.09. The molecule has 4 nitrogen and oxygen atoms in total. The lowest BCUT2D eigenvalue weighted by Crippen LogP contribution is -2.25. The minimum atomic E-state index is -1.07. The van der Waals surface area contributed by atoms with E-state index in [1.807, 2.05) is 0 Å². The molecule has 2 atom stereocenters. The van der Waals surface area contributed by atoms with E-state index < -0.39 is 18.0 Å². The Morgan fingerprint density at radius 2 is 2.20 bits per heavy atom. The van der Waals surface area contributed by atoms with Crippen molar-refractivity contribution in [3.8, 4) is 0 Å². The molecule has 1 aliphatic heterocycles. The molecular formula is C10H8BrNO3. The van der Waals surface area contributed by atoms with Crippen molar-refractivity contribution >= 4 is 33.8 Å². The first-order valence-corrected chi connectivity index (χ1v) is 5.13. The van der Waals surface area contributed by atoms with Crippen LogP contribution in [0.2, 0.25) is 0 Å². The predicted molar refractivity (Wildman–Crippen MR) is 58.4 cm³/mol. The lowest BCUT2D eigenvalue weighted by molar-refractivity contribution is -0.142. The summed E-state index contributed by atoms with van der Waals surface area (Å²) in [5, 5.41) is 18.7. The molecule has 0 spiro atoms. The number of carboxylic acid groups (broad SMARTS) is 1. The normalized spacial score (nSPS) is 23.6. The molecule has 0 aromatic heterocycles. The van der Waals surface area contributed by atoms with Crippen LogP contribution in [0, 0.1) is 5.92 Å². The van der Waals surface area contributed by atoms with Gasteiger partial charge in [0.2, 0.25) is 0 Å². The van der Waals surface area contributed by atoms with Crippen molar-refractivity contribution in [1.82, 2.24) is 0 Å². The van der Waals surface area contributed by atoms with Gasteiger partial charge in [0.15, 0.2) is 0 Å². The van der Waals surface area contributed by atoms with E-state index in [1.54, 1.807) is 18.2 Å². The maximum absolute atomic E-state index is 10.8. The number of aliphatic hydroxyl groups excluding tert-OH is 1. The van der Waals surface area contributed by atoms with Crippen molar-refractivity contribution in [3.63, 3.8) is 0 Å². The molecule has 1 aromatic carbocycles. The molecule has 0 aliphatic carbocycles. The van der Waals surface area contributed by atoms with Gasteiger partial charge in [0.1, 0.15) is 5.92 Å². The fraction of sp³-hybridized carbons (Fsp3) is 0.200. The summed E-state index contributed by atoms with van der Waals surface area (Å²) in [5.74, 6) is -2.04. The molecule has 0 radical (unpaired) electrons. The fourth-order valence-corrected chi connectivity index (χ4v) is 1.89. The molecule has 0 amide bonds. The van der Waals surface area contributed by atoms with E-state index in [0.29, 0.717) is 11.3 Å². The Morgan fingerprint density at radius 1 is 1.47 bits per heavy atom. The number of aliphatic carboxylic acids is 1. The van der Waals surface area contributed by atoms with Crippen molar-refractivity contribution in [2.24, 2.45) is 10.9 Å². The summed E-state index contributed by atoms with van der Waals surface area (Å²) in [6, 6.07) is 5.22. The van der Waals surface area contributed by atoms with Crippen LogP contribution < -0.4 is 0 Å². The first-order valence-electron chi connectivity index (χ1n) is 4.34. The monoisotopic (exact) mass is 269 g/mol. The van der Waals surface area contributed by atoms with Crippen molar-refractivity contribution < 1.29 is 15.0 Å². The Hall–Kier alpha value is -1.20. The first kappa shape index (κ1) is 10.3. The molecule has 2 unspecified atom stereocenters. The van der Waals surface area contributed by atoms with Crippen molar-refractivity contribution in [1.29, 1.82) is 0 Å². The lowest BCUT2D eigenvalue weighted by Gasteiger charge is -2.21. The minimum Gasteiger partial charge on any atom is -0.481 e. The highest BCUT2D eigenvalue weighted by Gasteiger charge is 2.30. The Bertz CT molecular complexity index is 444. The van der Waals surface area contributed by atoms with Gasteiger partial charge in [-0.3, -0.25) is 9.79 Å². The smallest absolute Gasteiger partial charge is 0.314 e.